The number of aromatic nitrogens is 1. The van der Waals surface area contributed by atoms with E-state index in [1.54, 1.807) is 12.1 Å². The molecule has 94 valence electrons. The Balaban J connectivity index is 2.16. The highest BCUT2D eigenvalue weighted by atomic mass is 127. The molecule has 0 saturated carbocycles. The molecule has 0 fully saturated rings. The van der Waals surface area contributed by atoms with Gasteiger partial charge in [-0.1, -0.05) is 5.16 Å². The van der Waals surface area contributed by atoms with Crippen molar-refractivity contribution >= 4 is 34.0 Å². The minimum atomic E-state index is -0.407. The van der Waals surface area contributed by atoms with Gasteiger partial charge in [0.2, 0.25) is 0 Å². The molecular formula is C11H10IN3O3. The van der Waals surface area contributed by atoms with Crippen molar-refractivity contribution in [3.8, 4) is 0 Å². The molecule has 0 aliphatic rings. The van der Waals surface area contributed by atoms with Gasteiger partial charge in [0.05, 0.1) is 17.2 Å². The lowest BCUT2D eigenvalue weighted by atomic mass is 10.2. The van der Waals surface area contributed by atoms with Crippen LogP contribution in [0.3, 0.4) is 0 Å². The van der Waals surface area contributed by atoms with Crippen LogP contribution >= 0.6 is 22.6 Å². The summed E-state index contributed by atoms with van der Waals surface area (Å²) in [6.45, 7) is 2.18. The van der Waals surface area contributed by atoms with E-state index in [4.69, 9.17) is 4.52 Å². The smallest absolute Gasteiger partial charge is 0.293 e. The standard InChI is InChI=1S/C11H10IN3O3/c1-7-4-9(18-14-7)6-13-10-3-2-8(12)5-11(10)15(16)17/h2-5,13H,6H2,1H3. The molecule has 0 aliphatic heterocycles. The van der Waals surface area contributed by atoms with Crippen molar-refractivity contribution in [3.05, 3.63) is 49.4 Å². The van der Waals surface area contributed by atoms with Crippen LogP contribution in [0.5, 0.6) is 0 Å². The van der Waals surface area contributed by atoms with Gasteiger partial charge in [-0.05, 0) is 41.6 Å². The van der Waals surface area contributed by atoms with Crippen molar-refractivity contribution in [1.82, 2.24) is 5.16 Å². The Kier molecular flexibility index (Phi) is 3.80. The molecule has 0 bridgehead atoms. The molecule has 1 aromatic heterocycles. The van der Waals surface area contributed by atoms with Gasteiger partial charge in [0, 0.05) is 15.7 Å². The third kappa shape index (κ3) is 2.97. The summed E-state index contributed by atoms with van der Waals surface area (Å²) in [5, 5.41) is 17.6. The summed E-state index contributed by atoms with van der Waals surface area (Å²) in [5.74, 6) is 0.639. The SMILES string of the molecule is Cc1cc(CNc2ccc(I)cc2[N+](=O)[O-])on1. The predicted molar refractivity (Wildman–Crippen MR) is 74.4 cm³/mol. The molecule has 2 aromatic rings. The fraction of sp³-hybridized carbons (Fsp3) is 0.182. The fourth-order valence-electron chi connectivity index (χ4n) is 1.49. The van der Waals surface area contributed by atoms with Crippen LogP contribution in [-0.2, 0) is 6.54 Å². The second kappa shape index (κ2) is 5.34. The maximum Gasteiger partial charge on any atom is 0.293 e. The number of benzene rings is 1. The summed E-state index contributed by atoms with van der Waals surface area (Å²) >= 11 is 2.04. The molecule has 0 saturated heterocycles. The van der Waals surface area contributed by atoms with E-state index in [-0.39, 0.29) is 5.69 Å². The van der Waals surface area contributed by atoms with E-state index in [1.807, 2.05) is 35.6 Å². The zero-order chi connectivity index (χ0) is 13.1. The first kappa shape index (κ1) is 12.8. The number of nitrogens with one attached hydrogen (secondary N) is 1. The normalized spacial score (nSPS) is 10.3. The highest BCUT2D eigenvalue weighted by molar-refractivity contribution is 14.1. The van der Waals surface area contributed by atoms with Crippen molar-refractivity contribution < 1.29 is 9.45 Å². The van der Waals surface area contributed by atoms with Gasteiger partial charge < -0.3 is 9.84 Å². The summed E-state index contributed by atoms with van der Waals surface area (Å²) < 4.78 is 5.85. The molecule has 0 atom stereocenters. The van der Waals surface area contributed by atoms with E-state index in [2.05, 4.69) is 10.5 Å². The van der Waals surface area contributed by atoms with E-state index in [0.717, 1.165) is 9.26 Å². The number of halogens is 1. The number of hydrogen-bond acceptors (Lipinski definition) is 5. The lowest BCUT2D eigenvalue weighted by Gasteiger charge is -2.05. The quantitative estimate of drug-likeness (QED) is 0.515. The molecule has 18 heavy (non-hydrogen) atoms. The zero-order valence-electron chi connectivity index (χ0n) is 9.51. The molecule has 1 heterocycles. The molecule has 2 rings (SSSR count). The Hall–Kier alpha value is -1.64. The molecule has 0 radical (unpaired) electrons. The van der Waals surface area contributed by atoms with Gasteiger partial charge in [-0.15, -0.1) is 0 Å². The summed E-state index contributed by atoms with van der Waals surface area (Å²) in [5.41, 5.74) is 1.30. The molecule has 1 aromatic carbocycles. The van der Waals surface area contributed by atoms with E-state index in [9.17, 15) is 10.1 Å². The zero-order valence-corrected chi connectivity index (χ0v) is 11.7. The Morgan fingerprint density at radius 1 is 1.50 bits per heavy atom. The van der Waals surface area contributed by atoms with E-state index < -0.39 is 4.92 Å². The number of aryl methyl sites for hydroxylation is 1. The van der Waals surface area contributed by atoms with Crippen LogP contribution in [0.25, 0.3) is 0 Å². The van der Waals surface area contributed by atoms with Crippen molar-refractivity contribution in [2.24, 2.45) is 0 Å². The molecule has 0 spiro atoms. The Morgan fingerprint density at radius 3 is 2.89 bits per heavy atom. The second-order valence-electron chi connectivity index (χ2n) is 3.71. The van der Waals surface area contributed by atoms with Gasteiger partial charge in [-0.2, -0.15) is 0 Å². The van der Waals surface area contributed by atoms with E-state index in [0.29, 0.717) is 18.0 Å². The van der Waals surface area contributed by atoms with Crippen molar-refractivity contribution in [1.29, 1.82) is 0 Å². The fourth-order valence-corrected chi connectivity index (χ4v) is 1.96. The molecule has 0 aliphatic carbocycles. The maximum absolute atomic E-state index is 10.9. The predicted octanol–water partition coefficient (Wildman–Crippen LogP) is 3.11. The van der Waals surface area contributed by atoms with Crippen molar-refractivity contribution in [3.63, 3.8) is 0 Å². The first-order chi connectivity index (χ1) is 8.56. The lowest BCUT2D eigenvalue weighted by Crippen LogP contribution is -2.02. The van der Waals surface area contributed by atoms with Crippen LogP contribution < -0.4 is 5.32 Å². The van der Waals surface area contributed by atoms with Crippen LogP contribution in [0.1, 0.15) is 11.5 Å². The molecular weight excluding hydrogens is 349 g/mol. The Labute approximate surface area is 117 Å². The molecule has 0 amide bonds. The largest absolute Gasteiger partial charge is 0.372 e. The third-order valence-corrected chi connectivity index (χ3v) is 2.96. The maximum atomic E-state index is 10.9. The summed E-state index contributed by atoms with van der Waals surface area (Å²) in [6, 6.07) is 6.80. The minimum Gasteiger partial charge on any atom is -0.372 e. The van der Waals surface area contributed by atoms with Crippen LogP contribution in [0.2, 0.25) is 0 Å². The van der Waals surface area contributed by atoms with Crippen molar-refractivity contribution in [2.75, 3.05) is 5.32 Å². The lowest BCUT2D eigenvalue weighted by molar-refractivity contribution is -0.384. The number of anilines is 1. The van der Waals surface area contributed by atoms with Gasteiger partial charge in [-0.25, -0.2) is 0 Å². The Morgan fingerprint density at radius 2 is 2.28 bits per heavy atom. The van der Waals surface area contributed by atoms with Gasteiger partial charge in [0.1, 0.15) is 5.69 Å². The van der Waals surface area contributed by atoms with Gasteiger partial charge in [-0.3, -0.25) is 10.1 Å². The van der Waals surface area contributed by atoms with Crippen LogP contribution in [0, 0.1) is 20.6 Å². The van der Waals surface area contributed by atoms with E-state index >= 15 is 0 Å². The van der Waals surface area contributed by atoms with Crippen LogP contribution in [0.4, 0.5) is 11.4 Å². The van der Waals surface area contributed by atoms with Gasteiger partial charge in [0.15, 0.2) is 5.76 Å². The molecule has 6 nitrogen and oxygen atoms in total. The summed E-state index contributed by atoms with van der Waals surface area (Å²) in [4.78, 5) is 10.5. The molecule has 0 unspecified atom stereocenters. The van der Waals surface area contributed by atoms with Crippen LogP contribution in [0.15, 0.2) is 28.8 Å². The van der Waals surface area contributed by atoms with Crippen LogP contribution in [-0.4, -0.2) is 10.1 Å². The Bertz CT molecular complexity index is 583. The highest BCUT2D eigenvalue weighted by Crippen LogP contribution is 2.26. The number of rotatable bonds is 4. The number of hydrogen-bond donors (Lipinski definition) is 1. The van der Waals surface area contributed by atoms with Gasteiger partial charge >= 0.3 is 0 Å². The first-order valence-electron chi connectivity index (χ1n) is 5.16. The third-order valence-electron chi connectivity index (χ3n) is 2.29. The van der Waals surface area contributed by atoms with Crippen molar-refractivity contribution in [2.45, 2.75) is 13.5 Å². The molecule has 1 N–H and O–H groups in total. The number of nitro groups is 1. The average Bonchev–Trinajstić information content (AvgIpc) is 2.73. The van der Waals surface area contributed by atoms with Gasteiger partial charge in [0.25, 0.3) is 5.69 Å². The minimum absolute atomic E-state index is 0.0538. The average molecular weight is 359 g/mol. The second-order valence-corrected chi connectivity index (χ2v) is 4.95. The first-order valence-corrected chi connectivity index (χ1v) is 6.24. The topological polar surface area (TPSA) is 81.2 Å². The number of nitrogens with zero attached hydrogens (tertiary/aromatic N) is 2. The van der Waals surface area contributed by atoms with E-state index in [1.165, 1.54) is 6.07 Å². The summed E-state index contributed by atoms with van der Waals surface area (Å²) in [7, 11) is 0. The number of nitro benzene ring substituents is 1. The summed E-state index contributed by atoms with van der Waals surface area (Å²) in [6.07, 6.45) is 0. The molecule has 7 heteroatoms. The highest BCUT2D eigenvalue weighted by Gasteiger charge is 2.14. The monoisotopic (exact) mass is 359 g/mol.